The Morgan fingerprint density at radius 1 is 0.897 bits per heavy atom. The second kappa shape index (κ2) is 8.68. The van der Waals surface area contributed by atoms with Crippen LogP contribution in [0, 0.1) is 11.8 Å². The fourth-order valence-corrected chi connectivity index (χ4v) is 2.96. The van der Waals surface area contributed by atoms with Crippen molar-refractivity contribution < 1.29 is 23.9 Å². The third kappa shape index (κ3) is 5.07. The van der Waals surface area contributed by atoms with Crippen LogP contribution in [0.1, 0.15) is 41.0 Å². The molecular formula is C22H22N2O5. The molecule has 0 spiro atoms. The summed E-state index contributed by atoms with van der Waals surface area (Å²) < 4.78 is 4.92. The maximum atomic E-state index is 12.4. The summed E-state index contributed by atoms with van der Waals surface area (Å²) in [7, 11) is 0. The Labute approximate surface area is 168 Å². The standard InChI is InChI=1S/C22H22N2O5/c1-3-29-22(28)14-7-9-16(10-8-14)23-20(26)18-12-19(18)21(27)24-17-6-4-5-15(11-17)13(2)25/h4-11,18-19H,3,12H2,1-2H3,(H,23,26)(H,24,27). The van der Waals surface area contributed by atoms with E-state index < -0.39 is 17.8 Å². The Kier molecular flexibility index (Phi) is 6.07. The monoisotopic (exact) mass is 394 g/mol. The van der Waals surface area contributed by atoms with Crippen molar-refractivity contribution in [3.63, 3.8) is 0 Å². The van der Waals surface area contributed by atoms with Gasteiger partial charge >= 0.3 is 5.97 Å². The molecule has 150 valence electrons. The molecule has 0 aromatic heterocycles. The summed E-state index contributed by atoms with van der Waals surface area (Å²) in [6.07, 6.45) is 0.463. The molecule has 1 saturated carbocycles. The maximum Gasteiger partial charge on any atom is 0.338 e. The molecule has 2 aromatic rings. The van der Waals surface area contributed by atoms with Crippen LogP contribution in [0.4, 0.5) is 11.4 Å². The summed E-state index contributed by atoms with van der Waals surface area (Å²) in [6.45, 7) is 3.48. The van der Waals surface area contributed by atoms with Crippen LogP contribution in [0.3, 0.4) is 0 Å². The van der Waals surface area contributed by atoms with E-state index in [0.29, 0.717) is 35.5 Å². The average molecular weight is 394 g/mol. The number of hydrogen-bond donors (Lipinski definition) is 2. The van der Waals surface area contributed by atoms with Gasteiger partial charge in [0.15, 0.2) is 5.78 Å². The molecule has 1 aliphatic rings. The van der Waals surface area contributed by atoms with Gasteiger partial charge in [0.2, 0.25) is 11.8 Å². The maximum absolute atomic E-state index is 12.4. The number of nitrogens with one attached hydrogen (secondary N) is 2. The van der Waals surface area contributed by atoms with Gasteiger partial charge in [-0.05, 0) is 56.7 Å². The average Bonchev–Trinajstić information content (AvgIpc) is 3.50. The van der Waals surface area contributed by atoms with Gasteiger partial charge in [0, 0.05) is 16.9 Å². The number of carbonyl (C=O) groups is 4. The smallest absolute Gasteiger partial charge is 0.338 e. The molecule has 2 amide bonds. The van der Waals surface area contributed by atoms with Crippen LogP contribution in [0.5, 0.6) is 0 Å². The lowest BCUT2D eigenvalue weighted by Gasteiger charge is -2.08. The molecule has 2 unspecified atom stereocenters. The van der Waals surface area contributed by atoms with Crippen molar-refractivity contribution in [3.8, 4) is 0 Å². The molecule has 0 bridgehead atoms. The van der Waals surface area contributed by atoms with Gasteiger partial charge in [-0.2, -0.15) is 0 Å². The van der Waals surface area contributed by atoms with Crippen LogP contribution in [-0.2, 0) is 14.3 Å². The molecule has 2 atom stereocenters. The lowest BCUT2D eigenvalue weighted by molar-refractivity contribution is -0.122. The van der Waals surface area contributed by atoms with Crippen LogP contribution >= 0.6 is 0 Å². The van der Waals surface area contributed by atoms with Crippen molar-refractivity contribution in [1.82, 2.24) is 0 Å². The van der Waals surface area contributed by atoms with Crippen LogP contribution in [0.15, 0.2) is 48.5 Å². The van der Waals surface area contributed by atoms with Crippen LogP contribution in [0.25, 0.3) is 0 Å². The molecular weight excluding hydrogens is 372 g/mol. The fourth-order valence-electron chi connectivity index (χ4n) is 2.96. The van der Waals surface area contributed by atoms with Crippen molar-refractivity contribution in [2.75, 3.05) is 17.2 Å². The first-order chi connectivity index (χ1) is 13.9. The predicted octanol–water partition coefficient (Wildman–Crippen LogP) is 3.28. The minimum Gasteiger partial charge on any atom is -0.462 e. The number of rotatable bonds is 7. The summed E-state index contributed by atoms with van der Waals surface area (Å²) in [5.41, 5.74) is 1.99. The molecule has 2 aromatic carbocycles. The Bertz CT molecular complexity index is 952. The number of ether oxygens (including phenoxy) is 1. The summed E-state index contributed by atoms with van der Waals surface area (Å²) in [5, 5.41) is 5.52. The van der Waals surface area contributed by atoms with E-state index in [1.165, 1.54) is 6.92 Å². The molecule has 3 rings (SSSR count). The van der Waals surface area contributed by atoms with Crippen LogP contribution in [0.2, 0.25) is 0 Å². The summed E-state index contributed by atoms with van der Waals surface area (Å²) in [4.78, 5) is 47.9. The van der Waals surface area contributed by atoms with E-state index in [9.17, 15) is 19.2 Å². The molecule has 29 heavy (non-hydrogen) atoms. The zero-order chi connectivity index (χ0) is 21.0. The van der Waals surface area contributed by atoms with Crippen LogP contribution in [-0.4, -0.2) is 30.2 Å². The number of esters is 1. The van der Waals surface area contributed by atoms with E-state index >= 15 is 0 Å². The number of amides is 2. The van der Waals surface area contributed by atoms with Gasteiger partial charge < -0.3 is 15.4 Å². The van der Waals surface area contributed by atoms with E-state index in [2.05, 4.69) is 10.6 Å². The van der Waals surface area contributed by atoms with E-state index in [0.717, 1.165) is 0 Å². The highest BCUT2D eigenvalue weighted by Gasteiger charge is 2.48. The van der Waals surface area contributed by atoms with E-state index in [1.807, 2.05) is 0 Å². The first kappa shape index (κ1) is 20.3. The summed E-state index contributed by atoms with van der Waals surface area (Å²) >= 11 is 0. The van der Waals surface area contributed by atoms with Gasteiger partial charge in [0.25, 0.3) is 0 Å². The predicted molar refractivity (Wildman–Crippen MR) is 108 cm³/mol. The van der Waals surface area contributed by atoms with Gasteiger partial charge in [-0.1, -0.05) is 12.1 Å². The molecule has 2 N–H and O–H groups in total. The highest BCUT2D eigenvalue weighted by molar-refractivity contribution is 6.04. The molecule has 0 aliphatic heterocycles. The molecule has 7 heteroatoms. The number of carbonyl (C=O) groups excluding carboxylic acids is 4. The largest absolute Gasteiger partial charge is 0.462 e. The highest BCUT2D eigenvalue weighted by atomic mass is 16.5. The zero-order valence-corrected chi connectivity index (χ0v) is 16.2. The molecule has 1 fully saturated rings. The molecule has 0 saturated heterocycles. The normalized spacial score (nSPS) is 17.2. The second-order valence-electron chi connectivity index (χ2n) is 6.86. The Hall–Kier alpha value is -3.48. The van der Waals surface area contributed by atoms with E-state index in [1.54, 1.807) is 55.5 Å². The first-order valence-electron chi connectivity index (χ1n) is 9.39. The number of ketones is 1. The molecule has 1 aliphatic carbocycles. The van der Waals surface area contributed by atoms with Crippen molar-refractivity contribution in [3.05, 3.63) is 59.7 Å². The van der Waals surface area contributed by atoms with Crippen molar-refractivity contribution in [1.29, 1.82) is 0 Å². The van der Waals surface area contributed by atoms with Crippen LogP contribution < -0.4 is 10.6 Å². The van der Waals surface area contributed by atoms with E-state index in [-0.39, 0.29) is 17.6 Å². The SMILES string of the molecule is CCOC(=O)c1ccc(NC(=O)C2CC2C(=O)Nc2cccc(C(C)=O)c2)cc1. The van der Waals surface area contributed by atoms with Crippen molar-refractivity contribution >= 4 is 34.9 Å². The number of hydrogen-bond acceptors (Lipinski definition) is 5. The lowest BCUT2D eigenvalue weighted by atomic mass is 10.1. The Balaban J connectivity index is 1.53. The molecule has 7 nitrogen and oxygen atoms in total. The first-order valence-corrected chi connectivity index (χ1v) is 9.39. The third-order valence-electron chi connectivity index (χ3n) is 4.66. The van der Waals surface area contributed by atoms with E-state index in [4.69, 9.17) is 4.74 Å². The molecule has 0 heterocycles. The minimum absolute atomic E-state index is 0.0845. The minimum atomic E-state index is -0.418. The highest BCUT2D eigenvalue weighted by Crippen LogP contribution is 2.40. The Morgan fingerprint density at radius 3 is 2.10 bits per heavy atom. The number of anilines is 2. The quantitative estimate of drug-likeness (QED) is 0.554. The van der Waals surface area contributed by atoms with Gasteiger partial charge in [-0.25, -0.2) is 4.79 Å². The Morgan fingerprint density at radius 2 is 1.52 bits per heavy atom. The topological polar surface area (TPSA) is 102 Å². The van der Waals surface area contributed by atoms with Gasteiger partial charge in [0.05, 0.1) is 24.0 Å². The van der Waals surface area contributed by atoms with Gasteiger partial charge in [0.1, 0.15) is 0 Å². The summed E-state index contributed by atoms with van der Waals surface area (Å²) in [6, 6.07) is 13.1. The van der Waals surface area contributed by atoms with Crippen molar-refractivity contribution in [2.45, 2.75) is 20.3 Å². The second-order valence-corrected chi connectivity index (χ2v) is 6.86. The summed E-state index contributed by atoms with van der Waals surface area (Å²) in [5.74, 6) is -1.81. The number of Topliss-reactive ketones (excluding diaryl/α,β-unsaturated/α-hetero) is 1. The third-order valence-corrected chi connectivity index (χ3v) is 4.66. The zero-order valence-electron chi connectivity index (χ0n) is 16.2. The van der Waals surface area contributed by atoms with Gasteiger partial charge in [-0.15, -0.1) is 0 Å². The van der Waals surface area contributed by atoms with Crippen molar-refractivity contribution in [2.24, 2.45) is 11.8 Å². The lowest BCUT2D eigenvalue weighted by Crippen LogP contribution is -2.20. The number of benzene rings is 2. The van der Waals surface area contributed by atoms with Gasteiger partial charge in [-0.3, -0.25) is 14.4 Å². The fraction of sp³-hybridized carbons (Fsp3) is 0.273. The molecule has 0 radical (unpaired) electrons.